The van der Waals surface area contributed by atoms with Gasteiger partial charge in [-0.2, -0.15) is 0 Å². The van der Waals surface area contributed by atoms with Gasteiger partial charge in [-0.1, -0.05) is 13.8 Å². The second kappa shape index (κ2) is 9.62. The molecule has 0 atom stereocenters. The van der Waals surface area contributed by atoms with E-state index in [1.807, 2.05) is 0 Å². The van der Waals surface area contributed by atoms with Gasteiger partial charge in [-0.25, -0.2) is 0 Å². The Balaban J connectivity index is 0. The van der Waals surface area contributed by atoms with Crippen molar-refractivity contribution < 1.29 is 28.6 Å². The van der Waals surface area contributed by atoms with Crippen LogP contribution in [0, 0.1) is 11.8 Å². The van der Waals surface area contributed by atoms with Crippen molar-refractivity contribution in [1.29, 1.82) is 0 Å². The molecule has 0 heterocycles. The van der Waals surface area contributed by atoms with E-state index < -0.39 is 17.9 Å². The summed E-state index contributed by atoms with van der Waals surface area (Å²) in [7, 11) is 3.84. The van der Waals surface area contributed by atoms with Crippen LogP contribution >= 0.6 is 0 Å². The van der Waals surface area contributed by atoms with E-state index in [0.717, 1.165) is 0 Å². The van der Waals surface area contributed by atoms with Crippen LogP contribution in [0.15, 0.2) is 0 Å². The molecular weight excluding hydrogens is 228 g/mol. The van der Waals surface area contributed by atoms with E-state index in [9.17, 15) is 14.4 Å². The zero-order valence-electron chi connectivity index (χ0n) is 11.1. The van der Waals surface area contributed by atoms with Crippen molar-refractivity contribution in [3.8, 4) is 0 Å². The van der Waals surface area contributed by atoms with Gasteiger partial charge in [-0.15, -0.1) is 0 Å². The zero-order valence-corrected chi connectivity index (χ0v) is 11.1. The number of esters is 3. The number of methoxy groups -OCH3 is 3. The molecule has 0 N–H and O–H groups in total. The standard InChI is InChI=1S/C6H10O4.C5H10O2/c1-4(5(7)9-2)6(8)10-3;1-4(2)5(6)7-3/h4H,1-3H3;4H,1-3H3. The number of ether oxygens (including phenoxy) is 3. The Labute approximate surface area is 101 Å². The highest BCUT2D eigenvalue weighted by molar-refractivity contribution is 5.94. The number of hydrogen-bond donors (Lipinski definition) is 0. The summed E-state index contributed by atoms with van der Waals surface area (Å²) in [6, 6.07) is 0. The fourth-order valence-corrected chi connectivity index (χ4v) is 0.685. The Hall–Kier alpha value is -1.59. The molecule has 0 aromatic heterocycles. The predicted octanol–water partition coefficient (Wildman–Crippen LogP) is 0.784. The average molecular weight is 248 g/mol. The Bertz CT molecular complexity index is 243. The molecule has 0 unspecified atom stereocenters. The van der Waals surface area contributed by atoms with Gasteiger partial charge in [0.15, 0.2) is 5.92 Å². The summed E-state index contributed by atoms with van der Waals surface area (Å²) < 4.78 is 13.0. The molecule has 0 saturated carbocycles. The minimum absolute atomic E-state index is 0.00463. The van der Waals surface area contributed by atoms with Gasteiger partial charge in [0, 0.05) is 0 Å². The van der Waals surface area contributed by atoms with E-state index in [0.29, 0.717) is 0 Å². The Morgan fingerprint density at radius 3 is 1.12 bits per heavy atom. The van der Waals surface area contributed by atoms with E-state index in [4.69, 9.17) is 0 Å². The molecule has 0 bridgehead atoms. The molecule has 0 rings (SSSR count). The lowest BCUT2D eigenvalue weighted by molar-refractivity contribution is -0.157. The summed E-state index contributed by atoms with van der Waals surface area (Å²) in [5.41, 5.74) is 0. The minimum atomic E-state index is -0.824. The molecule has 0 amide bonds. The summed E-state index contributed by atoms with van der Waals surface area (Å²) in [5, 5.41) is 0. The molecule has 6 heteroatoms. The van der Waals surface area contributed by atoms with Crippen LogP contribution in [0.25, 0.3) is 0 Å². The van der Waals surface area contributed by atoms with Crippen molar-refractivity contribution in [2.75, 3.05) is 21.3 Å². The van der Waals surface area contributed by atoms with Gasteiger partial charge in [0.2, 0.25) is 0 Å². The van der Waals surface area contributed by atoms with Crippen LogP contribution in [0.2, 0.25) is 0 Å². The number of rotatable bonds is 3. The first-order valence-electron chi connectivity index (χ1n) is 5.05. The summed E-state index contributed by atoms with van der Waals surface area (Å²) in [6.07, 6.45) is 0. The first-order chi connectivity index (χ1) is 7.81. The molecule has 0 aromatic rings. The van der Waals surface area contributed by atoms with E-state index in [-0.39, 0.29) is 11.9 Å². The average Bonchev–Trinajstić information content (AvgIpc) is 2.35. The molecule has 0 aliphatic carbocycles. The predicted molar refractivity (Wildman–Crippen MR) is 60.1 cm³/mol. The summed E-state index contributed by atoms with van der Waals surface area (Å²) in [5.74, 6) is -2.13. The van der Waals surface area contributed by atoms with Crippen LogP contribution in [-0.4, -0.2) is 39.2 Å². The van der Waals surface area contributed by atoms with E-state index in [1.165, 1.54) is 28.3 Å². The van der Waals surface area contributed by atoms with Gasteiger partial charge in [-0.3, -0.25) is 14.4 Å². The lowest BCUT2D eigenvalue weighted by Crippen LogP contribution is -2.23. The van der Waals surface area contributed by atoms with Crippen LogP contribution in [0.4, 0.5) is 0 Å². The number of hydrogen-bond acceptors (Lipinski definition) is 6. The van der Waals surface area contributed by atoms with Crippen LogP contribution in [0.5, 0.6) is 0 Å². The van der Waals surface area contributed by atoms with Crippen molar-refractivity contribution in [2.45, 2.75) is 20.8 Å². The molecule has 0 aromatic carbocycles. The third kappa shape index (κ3) is 8.24. The number of carbonyl (C=O) groups excluding carboxylic acids is 3. The van der Waals surface area contributed by atoms with Crippen molar-refractivity contribution in [3.63, 3.8) is 0 Å². The molecular formula is C11H20O6. The maximum atomic E-state index is 10.6. The summed E-state index contributed by atoms with van der Waals surface area (Å²) in [6.45, 7) is 5.02. The van der Waals surface area contributed by atoms with Gasteiger partial charge >= 0.3 is 17.9 Å². The number of carbonyl (C=O) groups is 3. The lowest BCUT2D eigenvalue weighted by Gasteiger charge is -2.04. The van der Waals surface area contributed by atoms with Crippen LogP contribution in [-0.2, 0) is 28.6 Å². The second-order valence-corrected chi connectivity index (χ2v) is 3.45. The van der Waals surface area contributed by atoms with Crippen LogP contribution < -0.4 is 0 Å². The van der Waals surface area contributed by atoms with Crippen molar-refractivity contribution in [1.82, 2.24) is 0 Å². The maximum absolute atomic E-state index is 10.6. The Morgan fingerprint density at radius 1 is 0.706 bits per heavy atom. The van der Waals surface area contributed by atoms with E-state index in [2.05, 4.69) is 14.2 Å². The largest absolute Gasteiger partial charge is 0.469 e. The third-order valence-electron chi connectivity index (χ3n) is 1.78. The van der Waals surface area contributed by atoms with Crippen molar-refractivity contribution >= 4 is 17.9 Å². The normalized spacial score (nSPS) is 9.18. The maximum Gasteiger partial charge on any atom is 0.319 e. The molecule has 0 aliphatic rings. The molecule has 0 spiro atoms. The van der Waals surface area contributed by atoms with Gasteiger partial charge in [-0.05, 0) is 6.92 Å². The summed E-state index contributed by atoms with van der Waals surface area (Å²) >= 11 is 0. The molecule has 0 fully saturated rings. The van der Waals surface area contributed by atoms with Gasteiger partial charge < -0.3 is 14.2 Å². The molecule has 6 nitrogen and oxygen atoms in total. The van der Waals surface area contributed by atoms with Crippen LogP contribution in [0.1, 0.15) is 20.8 Å². The first-order valence-corrected chi connectivity index (χ1v) is 5.05. The van der Waals surface area contributed by atoms with Gasteiger partial charge in [0.05, 0.1) is 27.2 Å². The van der Waals surface area contributed by atoms with E-state index >= 15 is 0 Å². The second-order valence-electron chi connectivity index (χ2n) is 3.45. The fraction of sp³-hybridized carbons (Fsp3) is 0.727. The third-order valence-corrected chi connectivity index (χ3v) is 1.78. The Kier molecular flexibility index (Phi) is 10.1. The minimum Gasteiger partial charge on any atom is -0.469 e. The molecule has 0 radical (unpaired) electrons. The fourth-order valence-electron chi connectivity index (χ4n) is 0.685. The molecule has 0 saturated heterocycles. The quantitative estimate of drug-likeness (QED) is 0.417. The van der Waals surface area contributed by atoms with E-state index in [1.54, 1.807) is 13.8 Å². The SMILES string of the molecule is COC(=O)C(C)C.COC(=O)C(C)C(=O)OC. The smallest absolute Gasteiger partial charge is 0.319 e. The van der Waals surface area contributed by atoms with Gasteiger partial charge in [0.1, 0.15) is 0 Å². The topological polar surface area (TPSA) is 78.9 Å². The molecule has 17 heavy (non-hydrogen) atoms. The molecule has 100 valence electrons. The van der Waals surface area contributed by atoms with Crippen molar-refractivity contribution in [3.05, 3.63) is 0 Å². The highest BCUT2D eigenvalue weighted by atomic mass is 16.5. The first kappa shape index (κ1) is 17.8. The summed E-state index contributed by atoms with van der Waals surface area (Å²) in [4.78, 5) is 31.5. The van der Waals surface area contributed by atoms with Gasteiger partial charge in [0.25, 0.3) is 0 Å². The lowest BCUT2D eigenvalue weighted by atomic mass is 10.2. The highest BCUT2D eigenvalue weighted by Crippen LogP contribution is 1.98. The van der Waals surface area contributed by atoms with Crippen LogP contribution in [0.3, 0.4) is 0 Å². The monoisotopic (exact) mass is 248 g/mol. The zero-order chi connectivity index (χ0) is 14.0. The Morgan fingerprint density at radius 2 is 1.00 bits per heavy atom. The highest BCUT2D eigenvalue weighted by Gasteiger charge is 2.22. The van der Waals surface area contributed by atoms with Crippen molar-refractivity contribution in [2.24, 2.45) is 11.8 Å². The molecule has 0 aliphatic heterocycles.